The van der Waals surface area contributed by atoms with Crippen molar-refractivity contribution in [2.24, 2.45) is 0 Å². The van der Waals surface area contributed by atoms with Gasteiger partial charge >= 0.3 is 0 Å². The van der Waals surface area contributed by atoms with Gasteiger partial charge in [0.05, 0.1) is 5.75 Å². The Labute approximate surface area is 109 Å². The topological polar surface area (TPSA) is 61.4 Å². The molecule has 2 N–H and O–H groups in total. The molecule has 5 nitrogen and oxygen atoms in total. The predicted molar refractivity (Wildman–Crippen MR) is 74.1 cm³/mol. The van der Waals surface area contributed by atoms with Crippen LogP contribution in [0.3, 0.4) is 0 Å². The Hall–Kier alpha value is 0.180. The molecule has 0 radical (unpaired) electrons. The van der Waals surface area contributed by atoms with Gasteiger partial charge in [-0.05, 0) is 18.4 Å². The SMILES string of the molecule is CSCCCNS(=O)(=O)CCN1CCNCC1. The van der Waals surface area contributed by atoms with Crippen LogP contribution in [-0.4, -0.2) is 70.3 Å². The van der Waals surface area contributed by atoms with Crippen molar-refractivity contribution in [3.8, 4) is 0 Å². The van der Waals surface area contributed by atoms with Gasteiger partial charge in [-0.2, -0.15) is 11.8 Å². The number of hydrogen-bond acceptors (Lipinski definition) is 5. The molecule has 1 rings (SSSR count). The van der Waals surface area contributed by atoms with Gasteiger partial charge in [0.15, 0.2) is 0 Å². The third kappa shape index (κ3) is 7.25. The maximum Gasteiger partial charge on any atom is 0.212 e. The molecule has 0 aromatic rings. The van der Waals surface area contributed by atoms with Gasteiger partial charge in [0, 0.05) is 39.3 Å². The fourth-order valence-corrected chi connectivity index (χ4v) is 3.23. The van der Waals surface area contributed by atoms with Crippen molar-refractivity contribution in [3.05, 3.63) is 0 Å². The van der Waals surface area contributed by atoms with Crippen molar-refractivity contribution < 1.29 is 8.42 Å². The molecule has 7 heteroatoms. The summed E-state index contributed by atoms with van der Waals surface area (Å²) in [5.74, 6) is 1.21. The largest absolute Gasteiger partial charge is 0.314 e. The fraction of sp³-hybridized carbons (Fsp3) is 1.00. The zero-order valence-corrected chi connectivity index (χ0v) is 12.1. The zero-order chi connectivity index (χ0) is 12.6. The maximum absolute atomic E-state index is 11.7. The first-order chi connectivity index (χ1) is 8.14. The number of nitrogens with zero attached hydrogens (tertiary/aromatic N) is 1. The molecule has 0 aromatic carbocycles. The fourth-order valence-electron chi connectivity index (χ4n) is 1.70. The molecule has 1 fully saturated rings. The van der Waals surface area contributed by atoms with Gasteiger partial charge in [0.2, 0.25) is 10.0 Å². The molecule has 1 saturated heterocycles. The summed E-state index contributed by atoms with van der Waals surface area (Å²) < 4.78 is 26.0. The van der Waals surface area contributed by atoms with Crippen LogP contribution in [0.5, 0.6) is 0 Å². The average Bonchev–Trinajstić information content (AvgIpc) is 2.34. The molecule has 0 amide bonds. The number of sulfonamides is 1. The molecule has 0 saturated carbocycles. The van der Waals surface area contributed by atoms with E-state index in [0.29, 0.717) is 13.1 Å². The molecular formula is C10H23N3O2S2. The molecule has 0 aromatic heterocycles. The van der Waals surface area contributed by atoms with Crippen LogP contribution >= 0.6 is 11.8 Å². The van der Waals surface area contributed by atoms with Crippen molar-refractivity contribution in [3.63, 3.8) is 0 Å². The van der Waals surface area contributed by atoms with Crippen molar-refractivity contribution in [2.45, 2.75) is 6.42 Å². The van der Waals surface area contributed by atoms with Crippen LogP contribution in [0.15, 0.2) is 0 Å². The molecule has 102 valence electrons. The highest BCUT2D eigenvalue weighted by molar-refractivity contribution is 7.98. The molecule has 0 spiro atoms. The van der Waals surface area contributed by atoms with Gasteiger partial charge in [-0.15, -0.1) is 0 Å². The summed E-state index contributed by atoms with van der Waals surface area (Å²) in [6.07, 6.45) is 2.92. The highest BCUT2D eigenvalue weighted by Gasteiger charge is 2.14. The minimum Gasteiger partial charge on any atom is -0.314 e. The molecule has 0 bridgehead atoms. The highest BCUT2D eigenvalue weighted by Crippen LogP contribution is 1.96. The van der Waals surface area contributed by atoms with E-state index >= 15 is 0 Å². The molecule has 1 aliphatic rings. The second-order valence-electron chi connectivity index (χ2n) is 4.15. The third-order valence-corrected chi connectivity index (χ3v) is 4.79. The minimum atomic E-state index is -3.08. The molecule has 17 heavy (non-hydrogen) atoms. The Bertz CT molecular complexity index is 290. The lowest BCUT2D eigenvalue weighted by Crippen LogP contribution is -2.46. The lowest BCUT2D eigenvalue weighted by Gasteiger charge is -2.26. The van der Waals surface area contributed by atoms with Crippen molar-refractivity contribution >= 4 is 21.8 Å². The van der Waals surface area contributed by atoms with E-state index in [9.17, 15) is 8.42 Å². The summed E-state index contributed by atoms with van der Waals surface area (Å²) in [6.45, 7) is 5.01. The zero-order valence-electron chi connectivity index (χ0n) is 10.4. The highest BCUT2D eigenvalue weighted by atomic mass is 32.2. The van der Waals surface area contributed by atoms with Gasteiger partial charge in [-0.1, -0.05) is 0 Å². The Morgan fingerprint density at radius 1 is 1.35 bits per heavy atom. The van der Waals surface area contributed by atoms with Crippen LogP contribution in [0.2, 0.25) is 0 Å². The standard InChI is InChI=1S/C10H23N3O2S2/c1-16-9-2-3-12-17(14,15)10-8-13-6-4-11-5-7-13/h11-12H,2-10H2,1H3. The number of nitrogens with one attached hydrogen (secondary N) is 2. The summed E-state index contributed by atoms with van der Waals surface area (Å²) in [5.41, 5.74) is 0. The van der Waals surface area contributed by atoms with E-state index in [1.807, 2.05) is 6.26 Å². The monoisotopic (exact) mass is 281 g/mol. The first-order valence-corrected chi connectivity index (χ1v) is 9.08. The Kier molecular flexibility index (Phi) is 7.45. The first kappa shape index (κ1) is 15.2. The van der Waals surface area contributed by atoms with Crippen LogP contribution < -0.4 is 10.0 Å². The van der Waals surface area contributed by atoms with E-state index in [1.54, 1.807) is 11.8 Å². The van der Waals surface area contributed by atoms with Gasteiger partial charge in [0.25, 0.3) is 0 Å². The summed E-state index contributed by atoms with van der Waals surface area (Å²) in [6, 6.07) is 0. The summed E-state index contributed by atoms with van der Waals surface area (Å²) >= 11 is 1.74. The second kappa shape index (κ2) is 8.31. The molecule has 1 aliphatic heterocycles. The number of hydrogen-bond donors (Lipinski definition) is 2. The lowest BCUT2D eigenvalue weighted by molar-refractivity contribution is 0.253. The lowest BCUT2D eigenvalue weighted by atomic mass is 10.4. The Balaban J connectivity index is 2.14. The number of piperazine rings is 1. The van der Waals surface area contributed by atoms with Crippen LogP contribution in [0.25, 0.3) is 0 Å². The Morgan fingerprint density at radius 3 is 2.71 bits per heavy atom. The minimum absolute atomic E-state index is 0.215. The van der Waals surface area contributed by atoms with Crippen LogP contribution in [-0.2, 0) is 10.0 Å². The quantitative estimate of drug-likeness (QED) is 0.591. The van der Waals surface area contributed by atoms with E-state index in [0.717, 1.165) is 38.4 Å². The van der Waals surface area contributed by atoms with Gasteiger partial charge in [-0.25, -0.2) is 13.1 Å². The first-order valence-electron chi connectivity index (χ1n) is 6.03. The van der Waals surface area contributed by atoms with E-state index in [1.165, 1.54) is 0 Å². The average molecular weight is 281 g/mol. The van der Waals surface area contributed by atoms with Crippen LogP contribution in [0.4, 0.5) is 0 Å². The van der Waals surface area contributed by atoms with Crippen LogP contribution in [0.1, 0.15) is 6.42 Å². The Morgan fingerprint density at radius 2 is 2.06 bits per heavy atom. The normalized spacial score (nSPS) is 18.4. The molecular weight excluding hydrogens is 258 g/mol. The van der Waals surface area contributed by atoms with Crippen molar-refractivity contribution in [1.82, 2.24) is 14.9 Å². The number of rotatable bonds is 8. The summed E-state index contributed by atoms with van der Waals surface area (Å²) in [5, 5.41) is 3.25. The summed E-state index contributed by atoms with van der Waals surface area (Å²) in [7, 11) is -3.08. The predicted octanol–water partition coefficient (Wildman–Crippen LogP) is -0.436. The van der Waals surface area contributed by atoms with Crippen molar-refractivity contribution in [2.75, 3.05) is 57.0 Å². The molecule has 0 atom stereocenters. The van der Waals surface area contributed by atoms with Crippen molar-refractivity contribution in [1.29, 1.82) is 0 Å². The van der Waals surface area contributed by atoms with Crippen LogP contribution in [0, 0.1) is 0 Å². The van der Waals surface area contributed by atoms with E-state index in [2.05, 4.69) is 14.9 Å². The van der Waals surface area contributed by atoms with Gasteiger partial charge < -0.3 is 5.32 Å². The molecule has 0 aliphatic carbocycles. The molecule has 1 heterocycles. The molecule has 0 unspecified atom stereocenters. The van der Waals surface area contributed by atoms with Gasteiger partial charge in [0.1, 0.15) is 0 Å². The van der Waals surface area contributed by atoms with E-state index in [-0.39, 0.29) is 5.75 Å². The second-order valence-corrected chi connectivity index (χ2v) is 7.06. The van der Waals surface area contributed by atoms with E-state index < -0.39 is 10.0 Å². The number of thioether (sulfide) groups is 1. The summed E-state index contributed by atoms with van der Waals surface area (Å²) in [4.78, 5) is 2.19. The van der Waals surface area contributed by atoms with Gasteiger partial charge in [-0.3, -0.25) is 4.90 Å². The maximum atomic E-state index is 11.7. The third-order valence-electron chi connectivity index (χ3n) is 2.73. The smallest absolute Gasteiger partial charge is 0.212 e. The van der Waals surface area contributed by atoms with E-state index in [4.69, 9.17) is 0 Å².